The van der Waals surface area contributed by atoms with E-state index in [1.165, 1.54) is 16.0 Å². The number of hydrogen-bond donors (Lipinski definition) is 1. The Morgan fingerprint density at radius 2 is 1.71 bits per heavy atom. The third-order valence-corrected chi connectivity index (χ3v) is 5.46. The molecule has 0 radical (unpaired) electrons. The third kappa shape index (κ3) is 3.75. The van der Waals surface area contributed by atoms with Gasteiger partial charge in [0.15, 0.2) is 0 Å². The predicted octanol–water partition coefficient (Wildman–Crippen LogP) is 4.45. The summed E-state index contributed by atoms with van der Waals surface area (Å²) in [7, 11) is 0. The molecule has 0 spiro atoms. The molecule has 4 rings (SSSR count). The fourth-order valence-corrected chi connectivity index (χ4v) is 3.63. The number of nitrogens with zero attached hydrogens (tertiary/aromatic N) is 4. The van der Waals surface area contributed by atoms with Crippen LogP contribution in [0.25, 0.3) is 5.78 Å². The predicted molar refractivity (Wildman–Crippen MR) is 110 cm³/mol. The number of rotatable bonds is 4. The Kier molecular flexibility index (Phi) is 4.83. The first-order chi connectivity index (χ1) is 13.5. The van der Waals surface area contributed by atoms with E-state index in [2.05, 4.69) is 52.4 Å². The largest absolute Gasteiger partial charge is 0.319 e. The van der Waals surface area contributed by atoms with Crippen molar-refractivity contribution in [3.8, 4) is 0 Å². The highest BCUT2D eigenvalue weighted by Gasteiger charge is 2.14. The fraction of sp³-hybridized carbons (Fsp3) is 0.143. The Hall–Kier alpha value is -3.19. The van der Waals surface area contributed by atoms with Crippen LogP contribution >= 0.6 is 11.8 Å². The van der Waals surface area contributed by atoms with Crippen molar-refractivity contribution in [2.75, 3.05) is 5.32 Å². The highest BCUT2D eigenvalue weighted by Crippen LogP contribution is 2.29. The van der Waals surface area contributed by atoms with E-state index >= 15 is 0 Å². The molecule has 0 fully saturated rings. The maximum atomic E-state index is 12.5. The van der Waals surface area contributed by atoms with Gasteiger partial charge in [0.25, 0.3) is 11.7 Å². The molecular formula is C21H19N5OS. The molecule has 6 nitrogen and oxygen atoms in total. The molecule has 4 aromatic rings. The molecule has 2 heterocycles. The van der Waals surface area contributed by atoms with Crippen molar-refractivity contribution < 1.29 is 4.79 Å². The number of aryl methyl sites for hydroxylation is 3. The van der Waals surface area contributed by atoms with Crippen molar-refractivity contribution >= 4 is 29.1 Å². The summed E-state index contributed by atoms with van der Waals surface area (Å²) in [6.07, 6.45) is 1.65. The Morgan fingerprint density at radius 3 is 2.43 bits per heavy atom. The van der Waals surface area contributed by atoms with Gasteiger partial charge in [-0.2, -0.15) is 4.98 Å². The van der Waals surface area contributed by atoms with E-state index < -0.39 is 0 Å². The number of carbonyl (C=O) groups is 1. The number of anilines is 1. The average Bonchev–Trinajstić information content (AvgIpc) is 3.12. The second-order valence-corrected chi connectivity index (χ2v) is 7.71. The summed E-state index contributed by atoms with van der Waals surface area (Å²) in [5, 5.41) is 7.06. The van der Waals surface area contributed by atoms with Crippen LogP contribution in [-0.2, 0) is 0 Å². The zero-order valence-corrected chi connectivity index (χ0v) is 16.6. The molecule has 0 unspecified atom stereocenters. The minimum absolute atomic E-state index is 0.0929. The molecule has 0 atom stereocenters. The molecule has 0 bridgehead atoms. The first-order valence-corrected chi connectivity index (χ1v) is 9.66. The van der Waals surface area contributed by atoms with Crippen LogP contribution in [-0.4, -0.2) is 25.5 Å². The lowest BCUT2D eigenvalue weighted by Crippen LogP contribution is -2.14. The quantitative estimate of drug-likeness (QED) is 0.558. The van der Waals surface area contributed by atoms with Crippen molar-refractivity contribution in [1.82, 2.24) is 19.6 Å². The fourth-order valence-electron chi connectivity index (χ4n) is 2.71. The summed E-state index contributed by atoms with van der Waals surface area (Å²) in [6, 6.07) is 16.0. The molecule has 0 aliphatic heterocycles. The van der Waals surface area contributed by atoms with Crippen molar-refractivity contribution in [2.24, 2.45) is 0 Å². The molecule has 140 valence electrons. The number of amides is 1. The first kappa shape index (κ1) is 18.2. The number of aromatic nitrogens is 4. The van der Waals surface area contributed by atoms with Crippen molar-refractivity contribution in [1.29, 1.82) is 0 Å². The zero-order chi connectivity index (χ0) is 19.7. The summed E-state index contributed by atoms with van der Waals surface area (Å²) < 4.78 is 1.55. The Morgan fingerprint density at radius 1 is 0.964 bits per heavy atom. The van der Waals surface area contributed by atoms with Crippen LogP contribution in [0.2, 0.25) is 0 Å². The van der Waals surface area contributed by atoms with E-state index in [-0.39, 0.29) is 11.7 Å². The summed E-state index contributed by atoms with van der Waals surface area (Å²) >= 11 is 1.69. The number of fused-ring (bicyclic) bond motifs is 1. The van der Waals surface area contributed by atoms with E-state index in [1.807, 2.05) is 37.3 Å². The van der Waals surface area contributed by atoms with Crippen LogP contribution in [0.4, 0.5) is 5.69 Å². The van der Waals surface area contributed by atoms with Gasteiger partial charge in [-0.15, -0.1) is 5.10 Å². The molecule has 0 saturated heterocycles. The highest BCUT2D eigenvalue weighted by molar-refractivity contribution is 7.99. The van der Waals surface area contributed by atoms with Gasteiger partial charge in [0.2, 0.25) is 5.82 Å². The van der Waals surface area contributed by atoms with Crippen molar-refractivity contribution in [2.45, 2.75) is 30.6 Å². The van der Waals surface area contributed by atoms with Gasteiger partial charge in [-0.3, -0.25) is 4.79 Å². The summed E-state index contributed by atoms with van der Waals surface area (Å²) in [6.45, 7) is 6.11. The van der Waals surface area contributed by atoms with Gasteiger partial charge in [0.1, 0.15) is 0 Å². The standard InChI is InChI=1S/C21H19N5OS/c1-13-4-7-18(12-14(13)2)28-17-8-5-16(6-9-17)23-20(27)19-24-21-22-11-10-15(3)26(21)25-19/h4-12H,1-3H3,(H,23,27). The van der Waals surface area contributed by atoms with Gasteiger partial charge in [-0.1, -0.05) is 17.8 Å². The second kappa shape index (κ2) is 7.44. The topological polar surface area (TPSA) is 72.2 Å². The van der Waals surface area contributed by atoms with E-state index in [0.717, 1.165) is 10.6 Å². The van der Waals surface area contributed by atoms with E-state index in [1.54, 1.807) is 22.5 Å². The van der Waals surface area contributed by atoms with Crippen LogP contribution in [0.5, 0.6) is 0 Å². The van der Waals surface area contributed by atoms with Crippen molar-refractivity contribution in [3.63, 3.8) is 0 Å². The lowest BCUT2D eigenvalue weighted by atomic mass is 10.1. The molecule has 2 aromatic carbocycles. The Balaban J connectivity index is 1.46. The minimum Gasteiger partial charge on any atom is -0.319 e. The Bertz CT molecular complexity index is 1170. The van der Waals surface area contributed by atoms with Gasteiger partial charge >= 0.3 is 0 Å². The van der Waals surface area contributed by atoms with Crippen LogP contribution in [0, 0.1) is 20.8 Å². The van der Waals surface area contributed by atoms with E-state index in [4.69, 9.17) is 0 Å². The molecule has 2 aromatic heterocycles. The zero-order valence-electron chi connectivity index (χ0n) is 15.8. The smallest absolute Gasteiger partial charge is 0.295 e. The minimum atomic E-state index is -0.362. The number of hydrogen-bond acceptors (Lipinski definition) is 5. The summed E-state index contributed by atoms with van der Waals surface area (Å²) in [5.74, 6) is 0.139. The molecule has 0 saturated carbocycles. The van der Waals surface area contributed by atoms with Gasteiger partial charge in [-0.25, -0.2) is 9.50 Å². The average molecular weight is 389 g/mol. The van der Waals surface area contributed by atoms with Crippen LogP contribution in [0.15, 0.2) is 64.5 Å². The lowest BCUT2D eigenvalue weighted by molar-refractivity contribution is 0.101. The van der Waals surface area contributed by atoms with Gasteiger partial charge in [0.05, 0.1) is 0 Å². The summed E-state index contributed by atoms with van der Waals surface area (Å²) in [4.78, 5) is 23.1. The van der Waals surface area contributed by atoms with Gasteiger partial charge in [-0.05, 0) is 74.4 Å². The van der Waals surface area contributed by atoms with Crippen LogP contribution < -0.4 is 5.32 Å². The monoisotopic (exact) mass is 389 g/mol. The van der Waals surface area contributed by atoms with Crippen LogP contribution in [0.3, 0.4) is 0 Å². The number of nitrogens with one attached hydrogen (secondary N) is 1. The number of carbonyl (C=O) groups excluding carboxylic acids is 1. The number of benzene rings is 2. The highest BCUT2D eigenvalue weighted by atomic mass is 32.2. The maximum absolute atomic E-state index is 12.5. The van der Waals surface area contributed by atoms with E-state index in [0.29, 0.717) is 11.5 Å². The van der Waals surface area contributed by atoms with Gasteiger partial charge in [0, 0.05) is 27.4 Å². The maximum Gasteiger partial charge on any atom is 0.295 e. The Labute approximate surface area is 167 Å². The normalized spacial score (nSPS) is 11.0. The molecule has 7 heteroatoms. The van der Waals surface area contributed by atoms with Gasteiger partial charge < -0.3 is 5.32 Å². The molecule has 0 aliphatic rings. The SMILES string of the molecule is Cc1ccc(Sc2ccc(NC(=O)c3nc4nccc(C)n4n3)cc2)cc1C. The molecule has 28 heavy (non-hydrogen) atoms. The lowest BCUT2D eigenvalue weighted by Gasteiger charge is -2.07. The molecule has 0 aliphatic carbocycles. The van der Waals surface area contributed by atoms with Crippen molar-refractivity contribution in [3.05, 3.63) is 77.4 Å². The van der Waals surface area contributed by atoms with E-state index in [9.17, 15) is 4.79 Å². The molecular weight excluding hydrogens is 370 g/mol. The third-order valence-electron chi connectivity index (χ3n) is 4.46. The molecule has 1 amide bonds. The first-order valence-electron chi connectivity index (χ1n) is 8.84. The second-order valence-electron chi connectivity index (χ2n) is 6.56. The van der Waals surface area contributed by atoms with Crippen LogP contribution in [0.1, 0.15) is 27.4 Å². The molecule has 1 N–H and O–H groups in total. The summed E-state index contributed by atoms with van der Waals surface area (Å²) in [5.41, 5.74) is 4.12.